The van der Waals surface area contributed by atoms with E-state index in [-0.39, 0.29) is 5.91 Å². The minimum atomic E-state index is -0.0248. The predicted molar refractivity (Wildman–Crippen MR) is 82.7 cm³/mol. The highest BCUT2D eigenvalue weighted by molar-refractivity contribution is 9.10. The Hall–Kier alpha value is -0.540. The monoisotopic (exact) mass is 343 g/mol. The summed E-state index contributed by atoms with van der Waals surface area (Å²) in [7, 11) is 0. The van der Waals surface area contributed by atoms with Crippen LogP contribution < -0.4 is 5.32 Å². The first kappa shape index (κ1) is 14.9. The molecule has 0 unspecified atom stereocenters. The second-order valence-electron chi connectivity index (χ2n) is 5.37. The molecule has 1 aromatic carbocycles. The normalized spacial score (nSPS) is 17.4. The van der Waals surface area contributed by atoms with E-state index >= 15 is 0 Å². The average molecular weight is 345 g/mol. The fourth-order valence-corrected chi connectivity index (χ4v) is 3.68. The third-order valence-corrected chi connectivity index (χ3v) is 5.11. The summed E-state index contributed by atoms with van der Waals surface area (Å²) in [5.41, 5.74) is 0.961. The zero-order valence-corrected chi connectivity index (χ0v) is 13.5. The Morgan fingerprint density at radius 2 is 2.11 bits per heavy atom. The van der Waals surface area contributed by atoms with Gasteiger partial charge in [-0.25, -0.2) is 0 Å². The van der Waals surface area contributed by atoms with Crippen LogP contribution in [-0.4, -0.2) is 12.5 Å². The molecular formula is C15H19BrClNO. The number of carbonyl (C=O) groups excluding carboxylic acids is 1. The Bertz CT molecular complexity index is 469. The van der Waals surface area contributed by atoms with Gasteiger partial charge in [0.25, 0.3) is 5.91 Å². The van der Waals surface area contributed by atoms with Gasteiger partial charge in [-0.05, 0) is 58.8 Å². The molecule has 1 aliphatic rings. The summed E-state index contributed by atoms with van der Waals surface area (Å²) in [4.78, 5) is 12.2. The molecule has 1 aromatic rings. The Balaban J connectivity index is 2.01. The minimum absolute atomic E-state index is 0.0248. The van der Waals surface area contributed by atoms with Crippen molar-refractivity contribution in [3.8, 4) is 0 Å². The molecule has 0 aliphatic heterocycles. The van der Waals surface area contributed by atoms with Crippen LogP contribution in [-0.2, 0) is 0 Å². The fraction of sp³-hybridized carbons (Fsp3) is 0.533. The maximum Gasteiger partial charge on any atom is 0.252 e. The number of carbonyl (C=O) groups is 1. The Morgan fingerprint density at radius 1 is 1.42 bits per heavy atom. The molecule has 1 fully saturated rings. The zero-order chi connectivity index (χ0) is 13.9. The van der Waals surface area contributed by atoms with Gasteiger partial charge in [-0.1, -0.05) is 31.4 Å². The first-order chi connectivity index (χ1) is 9.06. The van der Waals surface area contributed by atoms with Gasteiger partial charge in [-0.3, -0.25) is 4.79 Å². The van der Waals surface area contributed by atoms with Crippen molar-refractivity contribution in [2.75, 3.05) is 6.54 Å². The van der Waals surface area contributed by atoms with Crippen LogP contribution in [0.15, 0.2) is 22.7 Å². The van der Waals surface area contributed by atoms with Gasteiger partial charge < -0.3 is 5.32 Å². The van der Waals surface area contributed by atoms with Gasteiger partial charge in [-0.2, -0.15) is 0 Å². The van der Waals surface area contributed by atoms with E-state index in [0.29, 0.717) is 16.0 Å². The van der Waals surface area contributed by atoms with E-state index in [4.69, 9.17) is 11.6 Å². The van der Waals surface area contributed by atoms with Gasteiger partial charge in [-0.15, -0.1) is 0 Å². The SMILES string of the molecule is CCC1(CNC(=O)c2ccc(Cl)cc2Br)CCCC1. The van der Waals surface area contributed by atoms with E-state index in [1.165, 1.54) is 25.7 Å². The molecule has 2 rings (SSSR count). The van der Waals surface area contributed by atoms with Gasteiger partial charge in [0, 0.05) is 16.0 Å². The molecule has 0 aromatic heterocycles. The quantitative estimate of drug-likeness (QED) is 0.835. The molecule has 0 bridgehead atoms. The van der Waals surface area contributed by atoms with Gasteiger partial charge in [0.2, 0.25) is 0 Å². The molecule has 104 valence electrons. The Labute approximate surface area is 128 Å². The highest BCUT2D eigenvalue weighted by Crippen LogP contribution is 2.40. The van der Waals surface area contributed by atoms with Crippen molar-refractivity contribution < 1.29 is 4.79 Å². The summed E-state index contributed by atoms with van der Waals surface area (Å²) >= 11 is 9.27. The summed E-state index contributed by atoms with van der Waals surface area (Å²) in [6, 6.07) is 5.25. The average Bonchev–Trinajstić information content (AvgIpc) is 2.85. The van der Waals surface area contributed by atoms with Gasteiger partial charge >= 0.3 is 0 Å². The first-order valence-electron chi connectivity index (χ1n) is 6.79. The number of amides is 1. The maximum atomic E-state index is 12.2. The molecule has 0 radical (unpaired) electrons. The third kappa shape index (κ3) is 3.51. The molecule has 1 N–H and O–H groups in total. The maximum absolute atomic E-state index is 12.2. The number of benzene rings is 1. The van der Waals surface area contributed by atoms with Gasteiger partial charge in [0.1, 0.15) is 0 Å². The smallest absolute Gasteiger partial charge is 0.252 e. The van der Waals surface area contributed by atoms with Crippen molar-refractivity contribution >= 4 is 33.4 Å². The van der Waals surface area contributed by atoms with E-state index in [9.17, 15) is 4.79 Å². The number of halogens is 2. The molecular weight excluding hydrogens is 326 g/mol. The highest BCUT2D eigenvalue weighted by Gasteiger charge is 2.32. The number of hydrogen-bond donors (Lipinski definition) is 1. The van der Waals surface area contributed by atoms with Crippen LogP contribution in [0, 0.1) is 5.41 Å². The van der Waals surface area contributed by atoms with Crippen LogP contribution in [0.2, 0.25) is 5.02 Å². The van der Waals surface area contributed by atoms with E-state index < -0.39 is 0 Å². The predicted octanol–water partition coefficient (Wildman–Crippen LogP) is 4.80. The van der Waals surface area contributed by atoms with Crippen molar-refractivity contribution in [1.29, 1.82) is 0 Å². The summed E-state index contributed by atoms with van der Waals surface area (Å²) in [5, 5.41) is 3.71. The van der Waals surface area contributed by atoms with Crippen molar-refractivity contribution in [3.05, 3.63) is 33.3 Å². The number of rotatable bonds is 4. The van der Waals surface area contributed by atoms with Crippen molar-refractivity contribution in [2.24, 2.45) is 5.41 Å². The Kier molecular flexibility index (Phi) is 4.91. The van der Waals surface area contributed by atoms with Gasteiger partial charge in [0.05, 0.1) is 5.56 Å². The van der Waals surface area contributed by atoms with Crippen LogP contribution in [0.4, 0.5) is 0 Å². The third-order valence-electron chi connectivity index (χ3n) is 4.21. The molecule has 1 aliphatic carbocycles. The summed E-state index contributed by atoms with van der Waals surface area (Å²) in [6.45, 7) is 2.99. The fourth-order valence-electron chi connectivity index (χ4n) is 2.82. The van der Waals surface area contributed by atoms with Crippen molar-refractivity contribution in [3.63, 3.8) is 0 Å². The number of nitrogens with one attached hydrogen (secondary N) is 1. The summed E-state index contributed by atoms with van der Waals surface area (Å²) in [5.74, 6) is -0.0248. The molecule has 0 spiro atoms. The van der Waals surface area contributed by atoms with Gasteiger partial charge in [0.15, 0.2) is 0 Å². The molecule has 19 heavy (non-hydrogen) atoms. The Morgan fingerprint density at radius 3 is 2.68 bits per heavy atom. The number of hydrogen-bond acceptors (Lipinski definition) is 1. The topological polar surface area (TPSA) is 29.1 Å². The molecule has 0 heterocycles. The first-order valence-corrected chi connectivity index (χ1v) is 7.97. The van der Waals surface area contributed by atoms with Crippen LogP contribution in [0.25, 0.3) is 0 Å². The molecule has 4 heteroatoms. The zero-order valence-electron chi connectivity index (χ0n) is 11.1. The molecule has 1 amide bonds. The lowest BCUT2D eigenvalue weighted by Gasteiger charge is -2.27. The highest BCUT2D eigenvalue weighted by atomic mass is 79.9. The lowest BCUT2D eigenvalue weighted by atomic mass is 9.83. The van der Waals surface area contributed by atoms with Crippen LogP contribution >= 0.6 is 27.5 Å². The van der Waals surface area contributed by atoms with Crippen molar-refractivity contribution in [2.45, 2.75) is 39.0 Å². The lowest BCUT2D eigenvalue weighted by Crippen LogP contribution is -2.35. The van der Waals surface area contributed by atoms with E-state index in [0.717, 1.165) is 17.4 Å². The second kappa shape index (κ2) is 6.27. The summed E-state index contributed by atoms with van der Waals surface area (Å²) < 4.78 is 0.745. The van der Waals surface area contributed by atoms with E-state index in [1.807, 2.05) is 0 Å². The van der Waals surface area contributed by atoms with E-state index in [2.05, 4.69) is 28.2 Å². The van der Waals surface area contributed by atoms with Crippen LogP contribution in [0.3, 0.4) is 0 Å². The van der Waals surface area contributed by atoms with Crippen LogP contribution in [0.5, 0.6) is 0 Å². The second-order valence-corrected chi connectivity index (χ2v) is 6.66. The summed E-state index contributed by atoms with van der Waals surface area (Å²) in [6.07, 6.45) is 6.16. The molecule has 0 atom stereocenters. The molecule has 2 nitrogen and oxygen atoms in total. The minimum Gasteiger partial charge on any atom is -0.351 e. The van der Waals surface area contributed by atoms with Crippen molar-refractivity contribution in [1.82, 2.24) is 5.32 Å². The van der Waals surface area contributed by atoms with E-state index in [1.54, 1.807) is 18.2 Å². The largest absolute Gasteiger partial charge is 0.351 e. The molecule has 1 saturated carbocycles. The molecule has 0 saturated heterocycles. The lowest BCUT2D eigenvalue weighted by molar-refractivity contribution is 0.0928. The van der Waals surface area contributed by atoms with Crippen LogP contribution in [0.1, 0.15) is 49.4 Å². The standard InChI is InChI=1S/C15H19BrClNO/c1-2-15(7-3-4-8-15)10-18-14(19)12-6-5-11(17)9-13(12)16/h5-6,9H,2-4,7-8,10H2,1H3,(H,18,19).